The summed E-state index contributed by atoms with van der Waals surface area (Å²) in [4.78, 5) is 38.6. The molecule has 0 radical (unpaired) electrons. The van der Waals surface area contributed by atoms with Gasteiger partial charge in [0.2, 0.25) is 6.41 Å². The largest absolute Gasteiger partial charge is 0.352 e. The zero-order valence-corrected chi connectivity index (χ0v) is 14.3. The maximum absolute atomic E-state index is 12.4. The average molecular weight is 331 g/mol. The average Bonchev–Trinajstić information content (AvgIpc) is 2.61. The number of carbonyl (C=O) groups excluding carboxylic acids is 3. The molecule has 0 atom stereocenters. The molecule has 3 amide bonds. The number of rotatable bonds is 6. The van der Waals surface area contributed by atoms with E-state index in [9.17, 15) is 14.4 Å². The van der Waals surface area contributed by atoms with Gasteiger partial charge in [-0.3, -0.25) is 14.4 Å². The van der Waals surface area contributed by atoms with E-state index in [1.54, 1.807) is 34.1 Å². The smallest absolute Gasteiger partial charge is 0.253 e. The molecule has 24 heavy (non-hydrogen) atoms. The summed E-state index contributed by atoms with van der Waals surface area (Å²) in [5.41, 5.74) is 1.12. The second-order valence-corrected chi connectivity index (χ2v) is 6.45. The molecule has 1 aliphatic rings. The number of hydrogen-bond acceptors (Lipinski definition) is 3. The molecule has 1 fully saturated rings. The van der Waals surface area contributed by atoms with Crippen molar-refractivity contribution in [1.82, 2.24) is 15.1 Å². The van der Waals surface area contributed by atoms with E-state index in [1.807, 2.05) is 0 Å². The fraction of sp³-hybridized carbons (Fsp3) is 0.500. The van der Waals surface area contributed by atoms with E-state index in [4.69, 9.17) is 0 Å². The highest BCUT2D eigenvalue weighted by Crippen LogP contribution is 2.10. The first-order valence-corrected chi connectivity index (χ1v) is 8.38. The van der Waals surface area contributed by atoms with Crippen LogP contribution in [0.2, 0.25) is 0 Å². The summed E-state index contributed by atoms with van der Waals surface area (Å²) in [6.45, 7) is 7.07. The van der Waals surface area contributed by atoms with E-state index in [0.29, 0.717) is 49.8 Å². The van der Waals surface area contributed by atoms with Crippen molar-refractivity contribution in [3.63, 3.8) is 0 Å². The van der Waals surface area contributed by atoms with Crippen molar-refractivity contribution in [2.24, 2.45) is 5.92 Å². The molecule has 0 unspecified atom stereocenters. The second kappa shape index (κ2) is 8.47. The van der Waals surface area contributed by atoms with Crippen LogP contribution < -0.4 is 5.32 Å². The molecule has 0 aromatic heterocycles. The van der Waals surface area contributed by atoms with Gasteiger partial charge in [0.25, 0.3) is 11.8 Å². The van der Waals surface area contributed by atoms with Crippen LogP contribution in [-0.4, -0.2) is 60.7 Å². The first-order chi connectivity index (χ1) is 11.5. The molecule has 6 nitrogen and oxygen atoms in total. The van der Waals surface area contributed by atoms with E-state index in [-0.39, 0.29) is 11.8 Å². The molecule has 1 aromatic carbocycles. The Balaban J connectivity index is 1.90. The monoisotopic (exact) mass is 331 g/mol. The number of nitrogens with one attached hydrogen (secondary N) is 1. The van der Waals surface area contributed by atoms with Crippen molar-refractivity contribution < 1.29 is 14.4 Å². The fourth-order valence-corrected chi connectivity index (χ4v) is 2.55. The zero-order chi connectivity index (χ0) is 17.5. The van der Waals surface area contributed by atoms with Crippen LogP contribution in [0, 0.1) is 5.92 Å². The van der Waals surface area contributed by atoms with Gasteiger partial charge >= 0.3 is 0 Å². The molecule has 1 aliphatic heterocycles. The predicted octanol–water partition coefficient (Wildman–Crippen LogP) is 1.38. The predicted molar refractivity (Wildman–Crippen MR) is 91.8 cm³/mol. The lowest BCUT2D eigenvalue weighted by atomic mass is 10.1. The van der Waals surface area contributed by atoms with Crippen molar-refractivity contribution in [3.05, 3.63) is 35.4 Å². The van der Waals surface area contributed by atoms with Gasteiger partial charge in [-0.15, -0.1) is 0 Å². The minimum atomic E-state index is -0.116. The Morgan fingerprint density at radius 1 is 1.08 bits per heavy atom. The quantitative estimate of drug-likeness (QED) is 0.801. The molecule has 1 saturated heterocycles. The Labute approximate surface area is 142 Å². The topological polar surface area (TPSA) is 69.7 Å². The van der Waals surface area contributed by atoms with Gasteiger partial charge in [0.15, 0.2) is 0 Å². The van der Waals surface area contributed by atoms with Crippen molar-refractivity contribution in [2.45, 2.75) is 20.3 Å². The lowest BCUT2D eigenvalue weighted by Crippen LogP contribution is -2.48. The summed E-state index contributed by atoms with van der Waals surface area (Å²) in [6, 6.07) is 6.73. The number of benzene rings is 1. The van der Waals surface area contributed by atoms with Crippen LogP contribution in [0.1, 0.15) is 41.0 Å². The molecule has 6 heteroatoms. The molecule has 130 valence electrons. The Morgan fingerprint density at radius 3 is 2.21 bits per heavy atom. The summed E-state index contributed by atoms with van der Waals surface area (Å²) in [5.74, 6) is 0.367. The van der Waals surface area contributed by atoms with E-state index in [0.717, 1.165) is 12.8 Å². The van der Waals surface area contributed by atoms with Crippen molar-refractivity contribution in [2.75, 3.05) is 32.7 Å². The lowest BCUT2D eigenvalue weighted by Gasteiger charge is -2.32. The Morgan fingerprint density at radius 2 is 1.67 bits per heavy atom. The molecule has 0 aliphatic carbocycles. The first kappa shape index (κ1) is 18.0. The molecular weight excluding hydrogens is 306 g/mol. The van der Waals surface area contributed by atoms with Crippen LogP contribution >= 0.6 is 0 Å². The van der Waals surface area contributed by atoms with Crippen LogP contribution in [0.3, 0.4) is 0 Å². The van der Waals surface area contributed by atoms with Crippen LogP contribution in [0.25, 0.3) is 0 Å². The van der Waals surface area contributed by atoms with Gasteiger partial charge in [-0.25, -0.2) is 0 Å². The van der Waals surface area contributed by atoms with Crippen molar-refractivity contribution >= 4 is 18.2 Å². The lowest BCUT2D eigenvalue weighted by molar-refractivity contribution is -0.119. The van der Waals surface area contributed by atoms with E-state index in [2.05, 4.69) is 19.2 Å². The Bertz CT molecular complexity index is 576. The van der Waals surface area contributed by atoms with E-state index >= 15 is 0 Å². The Hall–Kier alpha value is -2.37. The van der Waals surface area contributed by atoms with Crippen molar-refractivity contribution in [3.8, 4) is 0 Å². The van der Waals surface area contributed by atoms with E-state index in [1.165, 1.54) is 0 Å². The van der Waals surface area contributed by atoms with Crippen LogP contribution in [-0.2, 0) is 4.79 Å². The normalized spacial score (nSPS) is 14.6. The van der Waals surface area contributed by atoms with Gasteiger partial charge in [0.1, 0.15) is 0 Å². The third-order valence-electron chi connectivity index (χ3n) is 4.15. The third-order valence-corrected chi connectivity index (χ3v) is 4.15. The van der Waals surface area contributed by atoms with Crippen LogP contribution in [0.4, 0.5) is 0 Å². The highest BCUT2D eigenvalue weighted by Gasteiger charge is 2.21. The molecule has 0 spiro atoms. The highest BCUT2D eigenvalue weighted by atomic mass is 16.2. The number of nitrogens with zero attached hydrogens (tertiary/aromatic N) is 2. The van der Waals surface area contributed by atoms with Crippen LogP contribution in [0.15, 0.2) is 24.3 Å². The maximum atomic E-state index is 12.4. The molecule has 1 N–H and O–H groups in total. The fourth-order valence-electron chi connectivity index (χ4n) is 2.55. The maximum Gasteiger partial charge on any atom is 0.253 e. The molecule has 0 saturated carbocycles. The molecule has 1 heterocycles. The highest BCUT2D eigenvalue weighted by molar-refractivity contribution is 5.97. The van der Waals surface area contributed by atoms with Gasteiger partial charge in [-0.05, 0) is 36.6 Å². The summed E-state index contributed by atoms with van der Waals surface area (Å²) >= 11 is 0. The SMILES string of the molecule is CC(C)CCNC(=O)c1ccc(C(=O)N2CCN(C=O)CC2)cc1. The molecule has 1 aromatic rings. The Kier molecular flexibility index (Phi) is 6.35. The third kappa shape index (κ3) is 4.81. The number of piperazine rings is 1. The summed E-state index contributed by atoms with van der Waals surface area (Å²) < 4.78 is 0. The number of carbonyl (C=O) groups is 3. The van der Waals surface area contributed by atoms with E-state index < -0.39 is 0 Å². The second-order valence-electron chi connectivity index (χ2n) is 6.45. The standard InChI is InChI=1S/C18H25N3O3/c1-14(2)7-8-19-17(23)15-3-5-16(6-4-15)18(24)21-11-9-20(13-22)10-12-21/h3-6,13-14H,7-12H2,1-2H3,(H,19,23). The van der Waals surface area contributed by atoms with Gasteiger partial charge in [0, 0.05) is 43.9 Å². The van der Waals surface area contributed by atoms with Gasteiger partial charge < -0.3 is 15.1 Å². The minimum absolute atomic E-state index is 0.0627. The summed E-state index contributed by atoms with van der Waals surface area (Å²) in [6.07, 6.45) is 1.75. The number of hydrogen-bond donors (Lipinski definition) is 1. The van der Waals surface area contributed by atoms with Crippen LogP contribution in [0.5, 0.6) is 0 Å². The van der Waals surface area contributed by atoms with Crippen molar-refractivity contribution in [1.29, 1.82) is 0 Å². The first-order valence-electron chi connectivity index (χ1n) is 8.38. The summed E-state index contributed by atoms with van der Waals surface area (Å²) in [5, 5.41) is 2.88. The minimum Gasteiger partial charge on any atom is -0.352 e. The van der Waals surface area contributed by atoms with Gasteiger partial charge in [-0.1, -0.05) is 13.8 Å². The molecule has 0 bridgehead atoms. The zero-order valence-electron chi connectivity index (χ0n) is 14.3. The molecule has 2 rings (SSSR count). The molecular formula is C18H25N3O3. The number of amides is 3. The van der Waals surface area contributed by atoms with Gasteiger partial charge in [-0.2, -0.15) is 0 Å². The van der Waals surface area contributed by atoms with Gasteiger partial charge in [0.05, 0.1) is 0 Å². The summed E-state index contributed by atoms with van der Waals surface area (Å²) in [7, 11) is 0.